The summed E-state index contributed by atoms with van der Waals surface area (Å²) >= 11 is 0. The smallest absolute Gasteiger partial charge is 0.0726 e. The molecule has 2 aliphatic rings. The second-order valence-corrected chi connectivity index (χ2v) is 11.9. The molecule has 0 aliphatic heterocycles. The van der Waals surface area contributed by atoms with E-state index in [1.807, 2.05) is 18.3 Å². The monoisotopic (exact) mass is 559 g/mol. The Balaban J connectivity index is 1.43. The summed E-state index contributed by atoms with van der Waals surface area (Å²) in [5.41, 5.74) is 13.7. The molecule has 44 heavy (non-hydrogen) atoms. The van der Waals surface area contributed by atoms with Gasteiger partial charge in [-0.2, -0.15) is 0 Å². The molecule has 1 nitrogen and oxygen atoms in total. The lowest BCUT2D eigenvalue weighted by molar-refractivity contribution is 0.795. The van der Waals surface area contributed by atoms with E-state index in [4.69, 9.17) is 0 Å². The number of pyridine rings is 1. The van der Waals surface area contributed by atoms with Crippen LogP contribution in [0.2, 0.25) is 0 Å². The van der Waals surface area contributed by atoms with Crippen molar-refractivity contribution in [1.82, 2.24) is 4.98 Å². The normalized spacial score (nSPS) is 14.0. The number of fused-ring (bicyclic) bond motifs is 13. The van der Waals surface area contributed by atoms with E-state index in [9.17, 15) is 0 Å². The van der Waals surface area contributed by atoms with Crippen LogP contribution in [-0.2, 0) is 11.8 Å². The van der Waals surface area contributed by atoms with Crippen molar-refractivity contribution in [3.63, 3.8) is 0 Å². The van der Waals surface area contributed by atoms with Crippen molar-refractivity contribution in [2.24, 2.45) is 0 Å². The van der Waals surface area contributed by atoms with E-state index in [2.05, 4.69) is 145 Å². The van der Waals surface area contributed by atoms with Gasteiger partial charge in [-0.3, -0.25) is 4.98 Å². The van der Waals surface area contributed by atoms with Crippen LogP contribution in [0.3, 0.4) is 0 Å². The van der Waals surface area contributed by atoms with Gasteiger partial charge in [0.15, 0.2) is 0 Å². The van der Waals surface area contributed by atoms with Gasteiger partial charge in [-0.1, -0.05) is 122 Å². The zero-order valence-electron chi connectivity index (χ0n) is 24.3. The predicted octanol–water partition coefficient (Wildman–Crippen LogP) is 10.5. The number of hydrogen-bond acceptors (Lipinski definition) is 1. The van der Waals surface area contributed by atoms with Gasteiger partial charge >= 0.3 is 0 Å². The molecule has 1 spiro atoms. The van der Waals surface area contributed by atoms with Crippen molar-refractivity contribution < 1.29 is 0 Å². The predicted molar refractivity (Wildman–Crippen MR) is 184 cm³/mol. The van der Waals surface area contributed by atoms with Crippen LogP contribution >= 0.6 is 0 Å². The lowest BCUT2D eigenvalue weighted by atomic mass is 9.69. The van der Waals surface area contributed by atoms with Gasteiger partial charge in [0.2, 0.25) is 0 Å². The van der Waals surface area contributed by atoms with Gasteiger partial charge in [0.05, 0.1) is 5.41 Å². The zero-order valence-corrected chi connectivity index (χ0v) is 24.3. The van der Waals surface area contributed by atoms with Gasteiger partial charge < -0.3 is 0 Å². The number of allylic oxidation sites excluding steroid dienone is 3. The first-order chi connectivity index (χ1) is 21.8. The van der Waals surface area contributed by atoms with Gasteiger partial charge in [0.1, 0.15) is 0 Å². The van der Waals surface area contributed by atoms with E-state index < -0.39 is 5.41 Å². The van der Waals surface area contributed by atoms with Gasteiger partial charge in [0.25, 0.3) is 0 Å². The Bertz CT molecular complexity index is 2280. The topological polar surface area (TPSA) is 12.9 Å². The molecule has 2 aliphatic carbocycles. The zero-order chi connectivity index (χ0) is 29.3. The summed E-state index contributed by atoms with van der Waals surface area (Å²) in [7, 11) is 0. The van der Waals surface area contributed by atoms with Crippen molar-refractivity contribution in [1.29, 1.82) is 0 Å². The van der Waals surface area contributed by atoms with Gasteiger partial charge in [0, 0.05) is 18.3 Å². The maximum absolute atomic E-state index is 4.58. The summed E-state index contributed by atoms with van der Waals surface area (Å²) in [5.74, 6) is 0. The molecule has 0 saturated carbocycles. The summed E-state index contributed by atoms with van der Waals surface area (Å²) in [4.78, 5) is 4.58. The molecular weight excluding hydrogens is 530 g/mol. The van der Waals surface area contributed by atoms with Gasteiger partial charge in [-0.15, -0.1) is 0 Å². The Morgan fingerprint density at radius 3 is 1.93 bits per heavy atom. The van der Waals surface area contributed by atoms with E-state index in [0.29, 0.717) is 0 Å². The van der Waals surface area contributed by atoms with Crippen LogP contribution < -0.4 is 0 Å². The van der Waals surface area contributed by atoms with E-state index in [0.717, 1.165) is 17.7 Å². The molecule has 0 N–H and O–H groups in total. The first-order valence-corrected chi connectivity index (χ1v) is 15.3. The van der Waals surface area contributed by atoms with Gasteiger partial charge in [-0.05, 0) is 108 Å². The fraction of sp³-hybridized carbons (Fsp3) is 0.0465. The van der Waals surface area contributed by atoms with E-state index >= 15 is 0 Å². The Hall–Kier alpha value is -5.53. The summed E-state index contributed by atoms with van der Waals surface area (Å²) in [6, 6.07) is 49.2. The standard InChI is InChI=1S/C43H29N/c1-2-28(22-23-31-15-11-12-24-44-31)36-27-41-42(35-19-6-5-16-32(35)36)37-25-29-13-3-4-14-30(29)26-40(37)43(41)38-20-9-7-17-33(38)34-18-8-10-21-39(34)43/h2-22,24-27H,1,23H2/b28-22+. The van der Waals surface area contributed by atoms with Crippen LogP contribution in [0.4, 0.5) is 0 Å². The molecule has 7 aromatic rings. The Labute approximate surface area is 257 Å². The summed E-state index contributed by atoms with van der Waals surface area (Å²) in [6.45, 7) is 4.30. The number of benzene rings is 6. The fourth-order valence-electron chi connectivity index (χ4n) is 7.95. The molecule has 0 unspecified atom stereocenters. The van der Waals surface area contributed by atoms with Crippen LogP contribution in [0.15, 0.2) is 158 Å². The molecule has 1 heteroatoms. The molecule has 0 radical (unpaired) electrons. The van der Waals surface area contributed by atoms with Crippen LogP contribution in [-0.4, -0.2) is 4.98 Å². The van der Waals surface area contributed by atoms with Crippen molar-refractivity contribution in [2.45, 2.75) is 11.8 Å². The number of hydrogen-bond donors (Lipinski definition) is 0. The Morgan fingerprint density at radius 2 is 1.23 bits per heavy atom. The van der Waals surface area contributed by atoms with E-state index in [1.165, 1.54) is 71.6 Å². The lowest BCUT2D eigenvalue weighted by Crippen LogP contribution is -2.26. The summed E-state index contributed by atoms with van der Waals surface area (Å²) < 4.78 is 0. The minimum absolute atomic E-state index is 0.423. The highest BCUT2D eigenvalue weighted by atomic mass is 14.7. The molecule has 9 rings (SSSR count). The largest absolute Gasteiger partial charge is 0.261 e. The highest BCUT2D eigenvalue weighted by molar-refractivity contribution is 6.11. The van der Waals surface area contributed by atoms with Crippen molar-refractivity contribution in [2.75, 3.05) is 0 Å². The minimum atomic E-state index is -0.423. The number of nitrogens with zero attached hydrogens (tertiary/aromatic N) is 1. The first-order valence-electron chi connectivity index (χ1n) is 15.3. The molecule has 206 valence electrons. The first kappa shape index (κ1) is 25.0. The second kappa shape index (κ2) is 9.49. The third-order valence-electron chi connectivity index (χ3n) is 9.75. The molecule has 0 atom stereocenters. The average molecular weight is 560 g/mol. The van der Waals surface area contributed by atoms with Crippen molar-refractivity contribution in [3.8, 4) is 22.3 Å². The van der Waals surface area contributed by atoms with Crippen LogP contribution in [0.25, 0.3) is 49.4 Å². The van der Waals surface area contributed by atoms with E-state index in [-0.39, 0.29) is 0 Å². The molecule has 0 amide bonds. The molecule has 0 bridgehead atoms. The maximum Gasteiger partial charge on any atom is 0.0726 e. The van der Waals surface area contributed by atoms with Crippen LogP contribution in [0, 0.1) is 0 Å². The Morgan fingerprint density at radius 1 is 0.591 bits per heavy atom. The summed E-state index contributed by atoms with van der Waals surface area (Å²) in [5, 5.41) is 5.06. The van der Waals surface area contributed by atoms with Crippen molar-refractivity contribution in [3.05, 3.63) is 192 Å². The molecule has 0 fully saturated rings. The highest BCUT2D eigenvalue weighted by Gasteiger charge is 2.52. The number of aromatic nitrogens is 1. The Kier molecular flexibility index (Phi) is 5.39. The average Bonchev–Trinajstić information content (AvgIpc) is 3.55. The number of rotatable bonds is 4. The molecule has 1 aromatic heterocycles. The summed E-state index contributed by atoms with van der Waals surface area (Å²) in [6.07, 6.45) is 6.90. The van der Waals surface area contributed by atoms with E-state index in [1.54, 1.807) is 0 Å². The molecule has 6 aromatic carbocycles. The van der Waals surface area contributed by atoms with Gasteiger partial charge in [-0.25, -0.2) is 0 Å². The fourth-order valence-corrected chi connectivity index (χ4v) is 7.95. The third kappa shape index (κ3) is 3.33. The SMILES string of the molecule is C=C/C(=C\Cc1ccccn1)c1cc2c(c3ccccc13)-c1cc3ccccc3cc1C21c2ccccc2-c2ccccc21. The molecule has 0 saturated heterocycles. The molecular formula is C43H29N. The molecule has 1 heterocycles. The minimum Gasteiger partial charge on any atom is -0.261 e. The van der Waals surface area contributed by atoms with Crippen LogP contribution in [0.1, 0.15) is 33.5 Å². The maximum atomic E-state index is 4.58. The third-order valence-corrected chi connectivity index (χ3v) is 9.75. The lowest BCUT2D eigenvalue weighted by Gasteiger charge is -2.31. The van der Waals surface area contributed by atoms with Crippen LogP contribution in [0.5, 0.6) is 0 Å². The quantitative estimate of drug-likeness (QED) is 0.195. The second-order valence-electron chi connectivity index (χ2n) is 11.9. The highest BCUT2D eigenvalue weighted by Crippen LogP contribution is 2.64. The van der Waals surface area contributed by atoms with Crippen molar-refractivity contribution >= 4 is 27.1 Å².